The molecule has 1 heterocycles. The van der Waals surface area contributed by atoms with Gasteiger partial charge in [-0.05, 0) is 68.8 Å². The van der Waals surface area contributed by atoms with E-state index in [1.165, 1.54) is 0 Å². The highest BCUT2D eigenvalue weighted by atomic mass is 35.5. The van der Waals surface area contributed by atoms with Crippen molar-refractivity contribution in [1.82, 2.24) is 4.90 Å². The number of carbonyl (C=O) groups is 3. The van der Waals surface area contributed by atoms with Crippen LogP contribution in [0.4, 0.5) is 4.79 Å². The number of hydrogen-bond donors (Lipinski definition) is 0. The first-order chi connectivity index (χ1) is 17.2. The average molecular weight is 530 g/mol. The van der Waals surface area contributed by atoms with Crippen molar-refractivity contribution in [1.29, 1.82) is 0 Å². The Morgan fingerprint density at radius 3 is 2.58 bits per heavy atom. The van der Waals surface area contributed by atoms with Gasteiger partial charge in [-0.15, -0.1) is 6.58 Å². The van der Waals surface area contributed by atoms with E-state index in [2.05, 4.69) is 6.58 Å². The van der Waals surface area contributed by atoms with Crippen LogP contribution in [0.25, 0.3) is 6.08 Å². The van der Waals surface area contributed by atoms with Gasteiger partial charge in [-0.1, -0.05) is 35.9 Å². The van der Waals surface area contributed by atoms with Crippen molar-refractivity contribution in [2.75, 3.05) is 13.2 Å². The van der Waals surface area contributed by atoms with Crippen LogP contribution in [0.2, 0.25) is 5.02 Å². The molecule has 0 radical (unpaired) electrons. The number of halogens is 1. The molecule has 1 saturated heterocycles. The van der Waals surface area contributed by atoms with E-state index in [-0.39, 0.29) is 17.6 Å². The molecule has 0 aromatic heterocycles. The molecule has 0 aliphatic carbocycles. The minimum absolute atomic E-state index is 0.203. The molecule has 0 saturated carbocycles. The summed E-state index contributed by atoms with van der Waals surface area (Å²) in [5, 5.41) is 0.0772. The molecule has 36 heavy (non-hydrogen) atoms. The fraction of sp³-hybridized carbons (Fsp3) is 0.296. The molecular weight excluding hydrogens is 502 g/mol. The van der Waals surface area contributed by atoms with Crippen LogP contribution in [0.15, 0.2) is 54.0 Å². The Morgan fingerprint density at radius 2 is 1.92 bits per heavy atom. The minimum atomic E-state index is -0.638. The third-order valence-corrected chi connectivity index (χ3v) is 6.25. The Labute approximate surface area is 220 Å². The number of carbonyl (C=O) groups excluding carboxylic acids is 3. The Kier molecular flexibility index (Phi) is 9.61. The maximum atomic E-state index is 12.8. The van der Waals surface area contributed by atoms with Crippen molar-refractivity contribution < 1.29 is 28.6 Å². The predicted molar refractivity (Wildman–Crippen MR) is 141 cm³/mol. The molecule has 0 N–H and O–H groups in total. The molecule has 9 heteroatoms. The number of amides is 2. The van der Waals surface area contributed by atoms with Gasteiger partial charge in [-0.25, -0.2) is 0 Å². The quantitative estimate of drug-likeness (QED) is 0.199. The number of imide groups is 1. The largest absolute Gasteiger partial charge is 0.490 e. The van der Waals surface area contributed by atoms with Crippen molar-refractivity contribution >= 4 is 46.6 Å². The third kappa shape index (κ3) is 6.92. The lowest BCUT2D eigenvalue weighted by atomic mass is 10.0. The van der Waals surface area contributed by atoms with Gasteiger partial charge in [-0.3, -0.25) is 19.3 Å². The standard InChI is InChI=1S/C27H28ClNO6S/c1-5-9-19-12-18(14-23-26(31)29(27(32)36-23)15-24(30)35-17(3)4)13-22(33-6-2)25(19)34-16-20-10-7-8-11-21(20)28/h5,7-8,10-14,17H,1,6,9,15-16H2,2-4H3/b23-14+. The molecular formula is C27H28ClNO6S. The zero-order valence-corrected chi connectivity index (χ0v) is 22.0. The van der Waals surface area contributed by atoms with Gasteiger partial charge < -0.3 is 14.2 Å². The summed E-state index contributed by atoms with van der Waals surface area (Å²) in [4.78, 5) is 38.3. The van der Waals surface area contributed by atoms with Gasteiger partial charge in [-0.2, -0.15) is 0 Å². The summed E-state index contributed by atoms with van der Waals surface area (Å²) >= 11 is 7.05. The van der Waals surface area contributed by atoms with Crippen molar-refractivity contribution in [3.8, 4) is 11.5 Å². The fourth-order valence-corrected chi connectivity index (χ4v) is 4.51. The molecule has 1 aliphatic rings. The van der Waals surface area contributed by atoms with Crippen LogP contribution in [0.1, 0.15) is 37.5 Å². The number of benzene rings is 2. The highest BCUT2D eigenvalue weighted by molar-refractivity contribution is 8.18. The van der Waals surface area contributed by atoms with Gasteiger partial charge in [0, 0.05) is 16.1 Å². The fourth-order valence-electron chi connectivity index (χ4n) is 3.48. The van der Waals surface area contributed by atoms with E-state index in [4.69, 9.17) is 25.8 Å². The van der Waals surface area contributed by atoms with E-state index in [1.807, 2.05) is 31.2 Å². The van der Waals surface area contributed by atoms with Gasteiger partial charge in [0.05, 0.1) is 17.6 Å². The van der Waals surface area contributed by atoms with Crippen LogP contribution in [0, 0.1) is 0 Å². The summed E-state index contributed by atoms with van der Waals surface area (Å²) in [6, 6.07) is 11.0. The monoisotopic (exact) mass is 529 g/mol. The number of nitrogens with zero attached hydrogens (tertiary/aromatic N) is 1. The Balaban J connectivity index is 1.90. The summed E-state index contributed by atoms with van der Waals surface area (Å²) in [5.74, 6) is -0.137. The summed E-state index contributed by atoms with van der Waals surface area (Å²) in [6.07, 6.45) is 3.49. The molecule has 1 aliphatic heterocycles. The van der Waals surface area contributed by atoms with Gasteiger partial charge in [0.15, 0.2) is 11.5 Å². The van der Waals surface area contributed by atoms with E-state index in [9.17, 15) is 14.4 Å². The molecule has 2 aromatic rings. The molecule has 7 nitrogen and oxygen atoms in total. The van der Waals surface area contributed by atoms with Gasteiger partial charge in [0.25, 0.3) is 11.1 Å². The van der Waals surface area contributed by atoms with Crippen molar-refractivity contribution in [2.24, 2.45) is 0 Å². The first-order valence-corrected chi connectivity index (χ1v) is 12.6. The van der Waals surface area contributed by atoms with E-state index in [1.54, 1.807) is 38.1 Å². The van der Waals surface area contributed by atoms with Crippen LogP contribution >= 0.6 is 23.4 Å². The van der Waals surface area contributed by atoms with Crippen LogP contribution in [-0.4, -0.2) is 41.3 Å². The Hall–Kier alpha value is -3.23. The highest BCUT2D eigenvalue weighted by Crippen LogP contribution is 2.38. The first-order valence-electron chi connectivity index (χ1n) is 11.4. The number of rotatable bonds is 11. The maximum Gasteiger partial charge on any atom is 0.326 e. The Morgan fingerprint density at radius 1 is 1.17 bits per heavy atom. The number of hydrogen-bond acceptors (Lipinski definition) is 7. The number of esters is 1. The smallest absolute Gasteiger partial charge is 0.326 e. The predicted octanol–water partition coefficient (Wildman–Crippen LogP) is 6.03. The molecule has 1 fully saturated rings. The first kappa shape index (κ1) is 27.4. The molecule has 3 rings (SSSR count). The molecule has 2 amide bonds. The second-order valence-electron chi connectivity index (χ2n) is 8.12. The highest BCUT2D eigenvalue weighted by Gasteiger charge is 2.37. The van der Waals surface area contributed by atoms with Crippen LogP contribution in [-0.2, 0) is 27.4 Å². The van der Waals surface area contributed by atoms with E-state index >= 15 is 0 Å². The van der Waals surface area contributed by atoms with Crippen molar-refractivity contribution in [3.63, 3.8) is 0 Å². The molecule has 2 aromatic carbocycles. The van der Waals surface area contributed by atoms with E-state index in [0.717, 1.165) is 27.8 Å². The number of thioether (sulfide) groups is 1. The average Bonchev–Trinajstić information content (AvgIpc) is 3.06. The zero-order valence-electron chi connectivity index (χ0n) is 20.4. The topological polar surface area (TPSA) is 82.1 Å². The summed E-state index contributed by atoms with van der Waals surface area (Å²) in [5.41, 5.74) is 2.28. The summed E-state index contributed by atoms with van der Waals surface area (Å²) < 4.78 is 17.0. The lowest BCUT2D eigenvalue weighted by molar-refractivity contribution is -0.149. The lowest BCUT2D eigenvalue weighted by Crippen LogP contribution is -2.35. The van der Waals surface area contributed by atoms with E-state index in [0.29, 0.717) is 35.1 Å². The second-order valence-corrected chi connectivity index (χ2v) is 9.52. The summed E-state index contributed by atoms with van der Waals surface area (Å²) in [6.45, 7) is 9.30. The van der Waals surface area contributed by atoms with Crippen LogP contribution < -0.4 is 9.47 Å². The number of allylic oxidation sites excluding steroid dienone is 1. The van der Waals surface area contributed by atoms with Crippen LogP contribution in [0.5, 0.6) is 11.5 Å². The van der Waals surface area contributed by atoms with Gasteiger partial charge >= 0.3 is 5.97 Å². The maximum absolute atomic E-state index is 12.8. The Bertz CT molecular complexity index is 1190. The third-order valence-electron chi connectivity index (χ3n) is 4.97. The van der Waals surface area contributed by atoms with Crippen molar-refractivity contribution in [3.05, 3.63) is 75.7 Å². The number of ether oxygens (including phenoxy) is 3. The molecule has 0 bridgehead atoms. The molecule has 0 unspecified atom stereocenters. The van der Waals surface area contributed by atoms with E-state index < -0.39 is 23.7 Å². The van der Waals surface area contributed by atoms with Gasteiger partial charge in [0.1, 0.15) is 13.2 Å². The van der Waals surface area contributed by atoms with Crippen molar-refractivity contribution in [2.45, 2.75) is 39.9 Å². The lowest BCUT2D eigenvalue weighted by Gasteiger charge is -2.17. The molecule has 0 atom stereocenters. The van der Waals surface area contributed by atoms with Gasteiger partial charge in [0.2, 0.25) is 0 Å². The normalized spacial score (nSPS) is 14.5. The minimum Gasteiger partial charge on any atom is -0.490 e. The SMILES string of the molecule is C=CCc1cc(/C=C2/SC(=O)N(CC(=O)OC(C)C)C2=O)cc(OCC)c1OCc1ccccc1Cl. The molecule has 0 spiro atoms. The summed E-state index contributed by atoms with van der Waals surface area (Å²) in [7, 11) is 0. The van der Waals surface area contributed by atoms with Crippen LogP contribution in [0.3, 0.4) is 0 Å². The zero-order chi connectivity index (χ0) is 26.2. The second kappa shape index (κ2) is 12.6. The molecule has 190 valence electrons.